The average Bonchev–Trinajstić information content (AvgIpc) is 2.78. The quantitative estimate of drug-likeness (QED) is 0.200. The van der Waals surface area contributed by atoms with Crippen molar-refractivity contribution in [2.45, 2.75) is 86.0 Å². The predicted molar refractivity (Wildman–Crippen MR) is 159 cm³/mol. The monoisotopic (exact) mass is 528 g/mol. The molecule has 0 spiro atoms. The van der Waals surface area contributed by atoms with Crippen molar-refractivity contribution in [2.24, 2.45) is 0 Å². The number of benzene rings is 2. The van der Waals surface area contributed by atoms with Crippen LogP contribution in [0.2, 0.25) is 0 Å². The highest BCUT2D eigenvalue weighted by atomic mass is 35.6. The molecule has 2 aromatic carbocycles. The topological polar surface area (TPSA) is 6.48 Å². The Hall–Kier alpha value is -1.68. The summed E-state index contributed by atoms with van der Waals surface area (Å²) in [5.41, 5.74) is 9.96. The Labute approximate surface area is 224 Å². The van der Waals surface area contributed by atoms with Crippen LogP contribution in [0.1, 0.15) is 108 Å². The van der Waals surface area contributed by atoms with Gasteiger partial charge in [-0.05, 0) is 58.9 Å². The van der Waals surface area contributed by atoms with Gasteiger partial charge >= 0.3 is 7.71 Å². The van der Waals surface area contributed by atoms with E-state index in [4.69, 9.17) is 22.7 Å². The van der Waals surface area contributed by atoms with Gasteiger partial charge in [0.25, 0.3) is 0 Å². The van der Waals surface area contributed by atoms with Crippen molar-refractivity contribution in [3.8, 4) is 0 Å². The third-order valence-electron chi connectivity index (χ3n) is 7.00. The second-order valence-corrected chi connectivity index (χ2v) is 16.2. The van der Waals surface area contributed by atoms with Gasteiger partial charge < -0.3 is 9.13 Å². The molecule has 1 heterocycles. The maximum Gasteiger partial charge on any atom is 0.389 e. The van der Waals surface area contributed by atoms with Crippen LogP contribution in [-0.4, -0.2) is 13.2 Å². The molecular formula is C30H42Cl2N2Si. The van der Waals surface area contributed by atoms with Crippen LogP contribution in [0.5, 0.6) is 0 Å². The van der Waals surface area contributed by atoms with Crippen molar-refractivity contribution < 1.29 is 0 Å². The minimum Gasteiger partial charge on any atom is -0.341 e. The van der Waals surface area contributed by atoms with Gasteiger partial charge in [-0.15, -0.1) is 22.7 Å². The molecule has 0 saturated heterocycles. The Bertz CT molecular complexity index is 1070. The van der Waals surface area contributed by atoms with Crippen LogP contribution in [0.25, 0.3) is 0 Å². The van der Waals surface area contributed by atoms with Gasteiger partial charge in [0, 0.05) is 22.8 Å². The first kappa shape index (κ1) is 27.9. The van der Waals surface area contributed by atoms with E-state index in [0.717, 1.165) is 11.4 Å². The smallest absolute Gasteiger partial charge is 0.341 e. The summed E-state index contributed by atoms with van der Waals surface area (Å²) >= 11 is 14.9. The number of hydrogen-bond donors (Lipinski definition) is 0. The predicted octanol–water partition coefficient (Wildman–Crippen LogP) is 9.88. The van der Waals surface area contributed by atoms with Crippen LogP contribution < -0.4 is 9.13 Å². The minimum absolute atomic E-state index is 0.340. The van der Waals surface area contributed by atoms with E-state index in [1.807, 2.05) is 0 Å². The van der Waals surface area contributed by atoms with Crippen LogP contribution in [0.4, 0.5) is 11.4 Å². The normalized spacial score (nSPS) is 18.9. The Kier molecular flexibility index (Phi) is 8.56. The number of anilines is 2. The molecule has 1 aliphatic heterocycles. The lowest BCUT2D eigenvalue weighted by atomic mass is 9.92. The number of alkyl halides is 1. The Morgan fingerprint density at radius 3 is 1.37 bits per heavy atom. The van der Waals surface area contributed by atoms with E-state index in [-0.39, 0.29) is 0 Å². The lowest BCUT2D eigenvalue weighted by Crippen LogP contribution is -2.66. The average molecular weight is 530 g/mol. The second-order valence-electron chi connectivity index (χ2n) is 11.0. The molecule has 3 rings (SSSR count). The Balaban J connectivity index is 2.43. The van der Waals surface area contributed by atoms with Crippen molar-refractivity contribution in [1.82, 2.24) is 0 Å². The molecule has 0 aromatic heterocycles. The summed E-state index contributed by atoms with van der Waals surface area (Å²) in [5.74, 6) is 1.40. The highest BCUT2D eigenvalue weighted by molar-refractivity contribution is 7.26. The highest BCUT2D eigenvalue weighted by Crippen LogP contribution is 2.48. The van der Waals surface area contributed by atoms with Crippen LogP contribution in [-0.2, 0) is 0 Å². The highest BCUT2D eigenvalue weighted by Gasteiger charge is 2.52. The van der Waals surface area contributed by atoms with E-state index in [1.165, 1.54) is 33.6 Å². The van der Waals surface area contributed by atoms with Gasteiger partial charge in [0.1, 0.15) is 0 Å². The molecule has 0 fully saturated rings. The number of halogens is 2. The van der Waals surface area contributed by atoms with Gasteiger partial charge in [0.2, 0.25) is 0 Å². The van der Waals surface area contributed by atoms with Crippen LogP contribution in [0.15, 0.2) is 60.4 Å². The lowest BCUT2D eigenvalue weighted by molar-refractivity contribution is 0.822. The summed E-state index contributed by atoms with van der Waals surface area (Å²) in [6.45, 7) is 24.7. The van der Waals surface area contributed by atoms with Crippen LogP contribution >= 0.6 is 22.7 Å². The Morgan fingerprint density at radius 2 is 1.06 bits per heavy atom. The summed E-state index contributed by atoms with van der Waals surface area (Å²) in [7, 11) is -3.05. The van der Waals surface area contributed by atoms with Crippen molar-refractivity contribution in [2.75, 3.05) is 14.6 Å². The maximum absolute atomic E-state index is 7.91. The number of hydrogen-bond acceptors (Lipinski definition) is 2. The molecule has 5 heteroatoms. The molecule has 1 atom stereocenters. The number of para-hydroxylation sites is 2. The van der Waals surface area contributed by atoms with E-state index in [2.05, 4.69) is 120 Å². The first-order valence-corrected chi connectivity index (χ1v) is 16.5. The molecule has 0 radical (unpaired) electrons. The fourth-order valence-electron chi connectivity index (χ4n) is 5.28. The van der Waals surface area contributed by atoms with E-state index in [1.54, 1.807) is 0 Å². The van der Waals surface area contributed by atoms with Gasteiger partial charge in [-0.3, -0.25) is 0 Å². The van der Waals surface area contributed by atoms with Crippen molar-refractivity contribution in [1.29, 1.82) is 0 Å². The molecule has 0 unspecified atom stereocenters. The molecule has 35 heavy (non-hydrogen) atoms. The zero-order valence-electron chi connectivity index (χ0n) is 22.9. The van der Waals surface area contributed by atoms with Gasteiger partial charge in [-0.25, -0.2) is 0 Å². The zero-order valence-corrected chi connectivity index (χ0v) is 25.4. The summed E-state index contributed by atoms with van der Waals surface area (Å²) in [6.07, 6.45) is 2.18. The third-order valence-corrected chi connectivity index (χ3v) is 12.7. The van der Waals surface area contributed by atoms with Crippen molar-refractivity contribution in [3.63, 3.8) is 0 Å². The number of rotatable bonds is 7. The minimum atomic E-state index is -3.05. The Morgan fingerprint density at radius 1 is 0.714 bits per heavy atom. The van der Waals surface area contributed by atoms with Gasteiger partial charge in [0.05, 0.1) is 5.50 Å². The lowest BCUT2D eigenvalue weighted by Gasteiger charge is -2.52. The number of nitrogens with zero attached hydrogens (tertiary/aromatic N) is 2. The van der Waals surface area contributed by atoms with Crippen molar-refractivity contribution in [3.05, 3.63) is 82.7 Å². The SMILES string of the molecule is C=C1C=C(C)N(c2c(C(C)C)cccc2C(C)C)[Si@@](Cl)(CCl)N1c1c(C(C)C)cccc1C(C)C. The largest absolute Gasteiger partial charge is 0.389 e. The van der Waals surface area contributed by atoms with Crippen molar-refractivity contribution >= 4 is 41.8 Å². The fraction of sp³-hybridized carbons (Fsp3) is 0.467. The van der Waals surface area contributed by atoms with Crippen LogP contribution in [0, 0.1) is 0 Å². The van der Waals surface area contributed by atoms with Crippen LogP contribution in [0.3, 0.4) is 0 Å². The molecule has 0 saturated carbocycles. The summed E-state index contributed by atoms with van der Waals surface area (Å²) in [4.78, 5) is 0. The molecule has 0 amide bonds. The molecule has 190 valence electrons. The van der Waals surface area contributed by atoms with E-state index in [0.29, 0.717) is 29.2 Å². The second kappa shape index (κ2) is 10.7. The van der Waals surface area contributed by atoms with Gasteiger partial charge in [0.15, 0.2) is 0 Å². The standard InChI is InChI=1S/C30H42Cl2N2Si/c1-19(2)25-13-11-14-26(20(3)4)29(25)33-23(9)17-24(10)34(35(33,32)18-31)30-27(21(5)6)15-12-16-28(30)22(7)8/h11-17,19-22H,9,18H2,1-8,10H3/t35-/m1/s1. The summed E-state index contributed by atoms with van der Waals surface area (Å²) in [5, 5.41) is 0. The van der Waals surface area contributed by atoms with E-state index >= 15 is 0 Å². The third kappa shape index (κ3) is 4.97. The zero-order chi connectivity index (χ0) is 26.2. The molecule has 1 aliphatic rings. The molecule has 0 aliphatic carbocycles. The molecular weight excluding hydrogens is 487 g/mol. The summed E-state index contributed by atoms with van der Waals surface area (Å²) in [6, 6.07) is 13.3. The van der Waals surface area contributed by atoms with E-state index < -0.39 is 7.71 Å². The number of allylic oxidation sites excluding steroid dienone is 2. The van der Waals surface area contributed by atoms with Gasteiger partial charge in [-0.1, -0.05) is 98.4 Å². The van der Waals surface area contributed by atoms with Gasteiger partial charge in [-0.2, -0.15) is 0 Å². The molecule has 0 bridgehead atoms. The van der Waals surface area contributed by atoms with E-state index in [9.17, 15) is 0 Å². The molecule has 2 nitrogen and oxygen atoms in total. The first-order valence-electron chi connectivity index (χ1n) is 12.8. The molecule has 0 N–H and O–H groups in total. The fourth-order valence-corrected chi connectivity index (χ4v) is 9.98. The maximum atomic E-state index is 7.91. The summed E-state index contributed by atoms with van der Waals surface area (Å²) < 4.78 is 4.74. The first-order chi connectivity index (χ1) is 16.4. The molecule has 2 aromatic rings.